The Morgan fingerprint density at radius 1 is 1.35 bits per heavy atom. The van der Waals surface area contributed by atoms with Crippen molar-refractivity contribution in [1.82, 2.24) is 4.57 Å². The third kappa shape index (κ3) is 5.41. The molecule has 8 heteroatoms. The summed E-state index contributed by atoms with van der Waals surface area (Å²) in [6.45, 7) is 7.03. The highest BCUT2D eigenvalue weighted by molar-refractivity contribution is 9.10. The number of hydrogen-bond acceptors (Lipinski definition) is 2. The first-order valence-electron chi connectivity index (χ1n) is 6.06. The molecule has 1 heterocycles. The normalized spacial score (nSPS) is 12.8. The van der Waals surface area contributed by atoms with Crippen LogP contribution < -0.4 is 5.56 Å². The van der Waals surface area contributed by atoms with E-state index in [1.165, 1.54) is 0 Å². The molecule has 0 amide bonds. The van der Waals surface area contributed by atoms with Crippen LogP contribution >= 0.6 is 15.9 Å². The van der Waals surface area contributed by atoms with Crippen LogP contribution in [-0.4, -0.2) is 19.2 Å². The van der Waals surface area contributed by atoms with Gasteiger partial charge in [-0.05, 0) is 22.0 Å². The molecule has 1 aromatic rings. The zero-order valence-electron chi connectivity index (χ0n) is 11.6. The molecular formula is C12H17BrF3NO2Si. The molecule has 1 aromatic heterocycles. The predicted molar refractivity (Wildman–Crippen MR) is 77.5 cm³/mol. The Morgan fingerprint density at radius 3 is 2.45 bits per heavy atom. The lowest BCUT2D eigenvalue weighted by molar-refractivity contribution is -0.138. The summed E-state index contributed by atoms with van der Waals surface area (Å²) in [5.41, 5.74) is -1.70. The van der Waals surface area contributed by atoms with Crippen molar-refractivity contribution in [1.29, 1.82) is 0 Å². The van der Waals surface area contributed by atoms with E-state index in [4.69, 9.17) is 4.74 Å². The number of hydrogen-bond donors (Lipinski definition) is 0. The predicted octanol–water partition coefficient (Wildman–Crippen LogP) is 3.94. The van der Waals surface area contributed by atoms with E-state index in [0.29, 0.717) is 12.7 Å². The molecule has 0 unspecified atom stereocenters. The summed E-state index contributed by atoms with van der Waals surface area (Å²) >= 11 is 2.83. The van der Waals surface area contributed by atoms with E-state index < -0.39 is 25.4 Å². The van der Waals surface area contributed by atoms with E-state index in [9.17, 15) is 18.0 Å². The average molecular weight is 372 g/mol. The molecule has 0 saturated heterocycles. The third-order valence-corrected chi connectivity index (χ3v) is 4.95. The van der Waals surface area contributed by atoms with Gasteiger partial charge in [0.1, 0.15) is 6.73 Å². The van der Waals surface area contributed by atoms with Crippen molar-refractivity contribution in [2.24, 2.45) is 0 Å². The van der Waals surface area contributed by atoms with Crippen LogP contribution in [0.3, 0.4) is 0 Å². The van der Waals surface area contributed by atoms with Crippen molar-refractivity contribution in [3.63, 3.8) is 0 Å². The molecule has 0 aromatic carbocycles. The van der Waals surface area contributed by atoms with Gasteiger partial charge in [0.05, 0.1) is 5.56 Å². The number of rotatable bonds is 5. The Hall–Kier alpha value is -0.603. The van der Waals surface area contributed by atoms with Crippen LogP contribution in [-0.2, 0) is 17.6 Å². The minimum Gasteiger partial charge on any atom is -0.361 e. The van der Waals surface area contributed by atoms with E-state index >= 15 is 0 Å². The lowest BCUT2D eigenvalue weighted by Crippen LogP contribution is -2.25. The molecule has 0 bridgehead atoms. The first-order chi connectivity index (χ1) is 9.00. The molecule has 1 rings (SSSR count). The topological polar surface area (TPSA) is 31.2 Å². The highest BCUT2D eigenvalue weighted by Crippen LogP contribution is 2.33. The van der Waals surface area contributed by atoms with E-state index in [1.54, 1.807) is 0 Å². The largest absolute Gasteiger partial charge is 0.417 e. The third-order valence-electron chi connectivity index (χ3n) is 2.61. The van der Waals surface area contributed by atoms with Crippen molar-refractivity contribution in [2.75, 3.05) is 6.61 Å². The van der Waals surface area contributed by atoms with E-state index in [1.807, 2.05) is 0 Å². The van der Waals surface area contributed by atoms with Crippen LogP contribution in [0.1, 0.15) is 5.56 Å². The fourth-order valence-corrected chi connectivity index (χ4v) is 2.75. The van der Waals surface area contributed by atoms with Gasteiger partial charge < -0.3 is 4.74 Å². The second-order valence-corrected chi connectivity index (χ2v) is 12.2. The van der Waals surface area contributed by atoms with Gasteiger partial charge in [-0.1, -0.05) is 19.6 Å². The SMILES string of the molecule is C[Si](C)(C)CCOCn1cc(Br)c(C(F)(F)F)cc1=O. The highest BCUT2D eigenvalue weighted by Gasteiger charge is 2.33. The van der Waals surface area contributed by atoms with E-state index in [-0.39, 0.29) is 11.2 Å². The summed E-state index contributed by atoms with van der Waals surface area (Å²) in [5, 5.41) is 0. The first kappa shape index (κ1) is 17.4. The molecule has 0 radical (unpaired) electrons. The fraction of sp³-hybridized carbons (Fsp3) is 0.583. The smallest absolute Gasteiger partial charge is 0.361 e. The molecule has 0 N–H and O–H groups in total. The van der Waals surface area contributed by atoms with Crippen molar-refractivity contribution < 1.29 is 17.9 Å². The Kier molecular flexibility index (Phi) is 5.62. The van der Waals surface area contributed by atoms with Gasteiger partial charge in [-0.25, -0.2) is 0 Å². The molecule has 0 atom stereocenters. The summed E-state index contributed by atoms with van der Waals surface area (Å²) in [4.78, 5) is 11.6. The second-order valence-electron chi connectivity index (χ2n) is 5.69. The summed E-state index contributed by atoms with van der Waals surface area (Å²) in [6, 6.07) is 1.51. The van der Waals surface area contributed by atoms with Crippen molar-refractivity contribution in [3.05, 3.63) is 32.7 Å². The average Bonchev–Trinajstić information content (AvgIpc) is 2.25. The summed E-state index contributed by atoms with van der Waals surface area (Å²) in [6.07, 6.45) is -3.44. The molecule has 0 spiro atoms. The zero-order chi connectivity index (χ0) is 15.6. The molecule has 0 saturated carbocycles. The molecule has 0 aliphatic heterocycles. The van der Waals surface area contributed by atoms with Gasteiger partial charge in [0.25, 0.3) is 5.56 Å². The molecule has 114 valence electrons. The number of nitrogens with zero attached hydrogens (tertiary/aromatic N) is 1. The summed E-state index contributed by atoms with van der Waals surface area (Å²) in [5.74, 6) is 0. The first-order valence-corrected chi connectivity index (χ1v) is 10.6. The number of alkyl halides is 3. The molecular weight excluding hydrogens is 355 g/mol. The van der Waals surface area contributed by atoms with Crippen molar-refractivity contribution in [2.45, 2.75) is 38.6 Å². The lowest BCUT2D eigenvalue weighted by atomic mass is 10.2. The van der Waals surface area contributed by atoms with Gasteiger partial charge in [-0.15, -0.1) is 0 Å². The van der Waals surface area contributed by atoms with Crippen LogP contribution in [0.25, 0.3) is 0 Å². The molecule has 0 fully saturated rings. The quantitative estimate of drug-likeness (QED) is 0.579. The highest BCUT2D eigenvalue weighted by atomic mass is 79.9. The van der Waals surface area contributed by atoms with Gasteiger partial charge in [-0.2, -0.15) is 13.2 Å². The molecule has 0 aliphatic rings. The van der Waals surface area contributed by atoms with Gasteiger partial charge in [0, 0.05) is 31.4 Å². The standard InChI is InChI=1S/C12H17BrF3NO2Si/c1-20(2,3)5-4-19-8-17-7-10(13)9(6-11(17)18)12(14,15)16/h6-7H,4-5,8H2,1-3H3. The van der Waals surface area contributed by atoms with Gasteiger partial charge in [-0.3, -0.25) is 9.36 Å². The number of halogens is 4. The number of ether oxygens (including phenoxy) is 1. The number of aromatic nitrogens is 1. The minimum absolute atomic E-state index is 0.0416. The maximum atomic E-state index is 12.6. The second kappa shape index (κ2) is 6.44. The maximum Gasteiger partial charge on any atom is 0.417 e. The van der Waals surface area contributed by atoms with Crippen LogP contribution in [0.5, 0.6) is 0 Å². The molecule has 3 nitrogen and oxygen atoms in total. The van der Waals surface area contributed by atoms with Crippen LogP contribution in [0.2, 0.25) is 25.7 Å². The van der Waals surface area contributed by atoms with E-state index in [2.05, 4.69) is 35.6 Å². The van der Waals surface area contributed by atoms with Gasteiger partial charge in [0.15, 0.2) is 0 Å². The van der Waals surface area contributed by atoms with Crippen LogP contribution in [0.4, 0.5) is 13.2 Å². The van der Waals surface area contributed by atoms with Gasteiger partial charge >= 0.3 is 6.18 Å². The lowest BCUT2D eigenvalue weighted by Gasteiger charge is -2.16. The minimum atomic E-state index is -4.55. The Balaban J connectivity index is 2.74. The van der Waals surface area contributed by atoms with Crippen LogP contribution in [0, 0.1) is 0 Å². The van der Waals surface area contributed by atoms with Crippen molar-refractivity contribution in [3.8, 4) is 0 Å². The van der Waals surface area contributed by atoms with Crippen molar-refractivity contribution >= 4 is 24.0 Å². The summed E-state index contributed by atoms with van der Waals surface area (Å²) < 4.78 is 44.1. The maximum absolute atomic E-state index is 12.6. The zero-order valence-corrected chi connectivity index (χ0v) is 14.1. The fourth-order valence-electron chi connectivity index (χ4n) is 1.40. The summed E-state index contributed by atoms with van der Waals surface area (Å²) in [7, 11) is -1.22. The Morgan fingerprint density at radius 2 is 1.95 bits per heavy atom. The van der Waals surface area contributed by atoms with Crippen LogP contribution in [0.15, 0.2) is 21.5 Å². The Labute approximate surface area is 124 Å². The van der Waals surface area contributed by atoms with Gasteiger partial charge in [0.2, 0.25) is 0 Å². The van der Waals surface area contributed by atoms with E-state index in [0.717, 1.165) is 16.8 Å². The number of pyridine rings is 1. The monoisotopic (exact) mass is 371 g/mol. The molecule has 20 heavy (non-hydrogen) atoms. The Bertz CT molecular complexity index is 523. The molecule has 0 aliphatic carbocycles.